The van der Waals surface area contributed by atoms with Gasteiger partial charge in [-0.25, -0.2) is 4.15 Å². The Bertz CT molecular complexity index is 55.7. The van der Waals surface area contributed by atoms with E-state index in [1.54, 1.807) is 11.9 Å². The molecule has 0 aliphatic rings. The summed E-state index contributed by atoms with van der Waals surface area (Å²) >= 11 is 1.65. The van der Waals surface area contributed by atoms with Gasteiger partial charge >= 0.3 is 0 Å². The Morgan fingerprint density at radius 1 is 1.57 bits per heavy atom. The van der Waals surface area contributed by atoms with Crippen LogP contribution >= 0.6 is 20.3 Å². The van der Waals surface area contributed by atoms with E-state index < -0.39 is 0 Å². The summed E-state index contributed by atoms with van der Waals surface area (Å²) in [6.45, 7) is 4.24. The summed E-state index contributed by atoms with van der Waals surface area (Å²) in [5.74, 6) is 1.10. The second-order valence-electron chi connectivity index (χ2n) is 0.957. The Labute approximate surface area is 50.9 Å². The predicted molar refractivity (Wildman–Crippen MR) is 38.0 cm³/mol. The molecule has 0 heterocycles. The van der Waals surface area contributed by atoms with Gasteiger partial charge in [0.2, 0.25) is 0 Å². The van der Waals surface area contributed by atoms with Crippen molar-refractivity contribution in [2.24, 2.45) is 4.15 Å². The molecule has 0 aliphatic heterocycles. The third-order valence-corrected chi connectivity index (χ3v) is 1.85. The number of rotatable bonds is 3. The van der Waals surface area contributed by atoms with Crippen LogP contribution in [0.3, 0.4) is 0 Å². The maximum Gasteiger partial charge on any atom is 0.0179 e. The van der Waals surface area contributed by atoms with Crippen molar-refractivity contribution in [2.75, 3.05) is 11.9 Å². The third-order valence-electron chi connectivity index (χ3n) is 0.386. The Morgan fingerprint density at radius 2 is 2.29 bits per heavy atom. The van der Waals surface area contributed by atoms with Crippen LogP contribution in [0.1, 0.15) is 13.8 Å². The van der Waals surface area contributed by atoms with Crippen LogP contribution in [0.5, 0.6) is 0 Å². The largest absolute Gasteiger partial charge is 0.200 e. The molecular formula is C4H10NPS. The molecule has 0 atom stereocenters. The number of nitrogens with zero attached hydrogens (tertiary/aromatic N) is 1. The summed E-state index contributed by atoms with van der Waals surface area (Å²) in [7, 11) is 1.22. The zero-order chi connectivity index (χ0) is 5.54. The minimum Gasteiger partial charge on any atom is -0.200 e. The lowest BCUT2D eigenvalue weighted by Gasteiger charge is -1.78. The van der Waals surface area contributed by atoms with Gasteiger partial charge in [-0.2, -0.15) is 0 Å². The molecule has 1 nitrogen and oxygen atoms in total. The van der Waals surface area contributed by atoms with Gasteiger partial charge in [-0.15, -0.1) is 0 Å². The summed E-state index contributed by atoms with van der Waals surface area (Å²) in [6.07, 6.45) is 1.15. The molecule has 0 saturated carbocycles. The van der Waals surface area contributed by atoms with E-state index in [2.05, 4.69) is 18.0 Å². The smallest absolute Gasteiger partial charge is 0.0179 e. The fraction of sp³-hybridized carbons (Fsp3) is 1.00. The van der Waals surface area contributed by atoms with Crippen LogP contribution in [0.15, 0.2) is 4.15 Å². The fourth-order valence-electron chi connectivity index (χ4n) is 0.156. The van der Waals surface area contributed by atoms with E-state index in [9.17, 15) is 0 Å². The van der Waals surface area contributed by atoms with Crippen LogP contribution in [0, 0.1) is 0 Å². The third kappa shape index (κ3) is 6.45. The lowest BCUT2D eigenvalue weighted by Crippen LogP contribution is -1.53. The molecule has 0 amide bonds. The lowest BCUT2D eigenvalue weighted by molar-refractivity contribution is 1.51. The quantitative estimate of drug-likeness (QED) is 0.428. The lowest BCUT2D eigenvalue weighted by atomic mass is 11.0. The summed E-state index contributed by atoms with van der Waals surface area (Å²) < 4.78 is 4.10. The van der Waals surface area contributed by atoms with Gasteiger partial charge in [0.25, 0.3) is 0 Å². The van der Waals surface area contributed by atoms with Crippen LogP contribution in [-0.2, 0) is 0 Å². The molecule has 0 fully saturated rings. The van der Waals surface area contributed by atoms with Crippen LogP contribution in [-0.4, -0.2) is 11.9 Å². The van der Waals surface area contributed by atoms with Crippen LogP contribution < -0.4 is 0 Å². The second kappa shape index (κ2) is 6.45. The molecule has 0 aromatic heterocycles. The average Bonchev–Trinajstić information content (AvgIpc) is 1.69. The molecule has 7 heavy (non-hydrogen) atoms. The van der Waals surface area contributed by atoms with Gasteiger partial charge in [0.15, 0.2) is 0 Å². The molecule has 0 radical (unpaired) electrons. The zero-order valence-corrected chi connectivity index (χ0v) is 6.43. The highest BCUT2D eigenvalue weighted by atomic mass is 32.2. The maximum atomic E-state index is 4.10. The highest BCUT2D eigenvalue weighted by molar-refractivity contribution is 7.99. The molecule has 0 spiro atoms. The minimum absolute atomic E-state index is 1.10. The highest BCUT2D eigenvalue weighted by Crippen LogP contribution is 2.09. The number of hydrogen-bond acceptors (Lipinski definition) is 2. The monoisotopic (exact) mass is 135 g/mol. The summed E-state index contributed by atoms with van der Waals surface area (Å²) in [6, 6.07) is 0. The van der Waals surface area contributed by atoms with Gasteiger partial charge in [-0.3, -0.25) is 0 Å². The molecule has 0 aromatic carbocycles. The molecule has 0 rings (SSSR count). The van der Waals surface area contributed by atoms with Gasteiger partial charge in [-0.1, -0.05) is 13.8 Å². The first-order valence-electron chi connectivity index (χ1n) is 2.40. The van der Waals surface area contributed by atoms with E-state index in [4.69, 9.17) is 0 Å². The van der Waals surface area contributed by atoms with E-state index in [-0.39, 0.29) is 0 Å². The molecule has 0 bridgehead atoms. The zero-order valence-electron chi connectivity index (χ0n) is 4.72. The van der Waals surface area contributed by atoms with Crippen molar-refractivity contribution in [3.05, 3.63) is 0 Å². The number of hydrogen-bond donors (Lipinski definition) is 0. The molecule has 0 aliphatic carbocycles. The van der Waals surface area contributed by atoms with Crippen molar-refractivity contribution in [1.29, 1.82) is 0 Å². The van der Waals surface area contributed by atoms with Gasteiger partial charge < -0.3 is 0 Å². The Morgan fingerprint density at radius 3 is 2.71 bits per heavy atom. The molecule has 42 valence electrons. The van der Waals surface area contributed by atoms with Crippen molar-refractivity contribution >= 4 is 20.3 Å². The van der Waals surface area contributed by atoms with Crippen molar-refractivity contribution in [1.82, 2.24) is 0 Å². The SMILES string of the molecule is CCP=NSCC. The van der Waals surface area contributed by atoms with E-state index >= 15 is 0 Å². The van der Waals surface area contributed by atoms with Crippen molar-refractivity contribution in [3.63, 3.8) is 0 Å². The minimum atomic E-state index is 1.10. The fourth-order valence-corrected chi connectivity index (χ4v) is 1.41. The molecule has 0 aromatic rings. The van der Waals surface area contributed by atoms with Crippen molar-refractivity contribution < 1.29 is 0 Å². The predicted octanol–water partition coefficient (Wildman–Crippen LogP) is 2.80. The highest BCUT2D eigenvalue weighted by Gasteiger charge is 1.69. The Hall–Kier alpha value is 0.450. The van der Waals surface area contributed by atoms with Crippen LogP contribution in [0.2, 0.25) is 0 Å². The maximum absolute atomic E-state index is 4.10. The summed E-state index contributed by atoms with van der Waals surface area (Å²) in [5.41, 5.74) is 0. The van der Waals surface area contributed by atoms with E-state index in [0.717, 1.165) is 11.9 Å². The first-order chi connectivity index (χ1) is 3.41. The normalized spacial score (nSPS) is 10.6. The van der Waals surface area contributed by atoms with Gasteiger partial charge in [0, 0.05) is 20.3 Å². The Balaban J connectivity index is 2.78. The van der Waals surface area contributed by atoms with Crippen molar-refractivity contribution in [3.8, 4) is 0 Å². The van der Waals surface area contributed by atoms with Gasteiger partial charge in [0.1, 0.15) is 0 Å². The first kappa shape index (κ1) is 7.45. The van der Waals surface area contributed by atoms with Crippen molar-refractivity contribution in [2.45, 2.75) is 13.8 Å². The average molecular weight is 135 g/mol. The van der Waals surface area contributed by atoms with Gasteiger partial charge in [-0.05, 0) is 11.9 Å². The van der Waals surface area contributed by atoms with E-state index in [1.165, 1.54) is 8.37 Å². The van der Waals surface area contributed by atoms with Gasteiger partial charge in [0.05, 0.1) is 0 Å². The Kier molecular flexibility index (Phi) is 6.86. The summed E-state index contributed by atoms with van der Waals surface area (Å²) in [4.78, 5) is 0. The molecule has 3 heteroatoms. The molecule has 0 N–H and O–H groups in total. The van der Waals surface area contributed by atoms with E-state index in [1.807, 2.05) is 0 Å². The van der Waals surface area contributed by atoms with Crippen LogP contribution in [0.4, 0.5) is 0 Å². The molecule has 0 unspecified atom stereocenters. The standard InChI is InChI=1S/C4H10NPS/c1-3-6-5-7-4-2/h3-4H2,1-2H3. The van der Waals surface area contributed by atoms with Crippen LogP contribution in [0.25, 0.3) is 0 Å². The molecular weight excluding hydrogens is 125 g/mol. The molecule has 0 saturated heterocycles. The van der Waals surface area contributed by atoms with E-state index in [0.29, 0.717) is 0 Å². The first-order valence-corrected chi connectivity index (χ1v) is 4.38. The second-order valence-corrected chi connectivity index (χ2v) is 3.36. The topological polar surface area (TPSA) is 12.4 Å². The summed E-state index contributed by atoms with van der Waals surface area (Å²) in [5, 5.41) is 0.